The van der Waals surface area contributed by atoms with E-state index in [-0.39, 0.29) is 14.9 Å². The molecular weight excluding hydrogens is 297 g/mol. The van der Waals surface area contributed by atoms with E-state index in [1.807, 2.05) is 0 Å². The summed E-state index contributed by atoms with van der Waals surface area (Å²) in [5, 5.41) is 8.48. The van der Waals surface area contributed by atoms with Crippen LogP contribution >= 0.6 is 26.6 Å². The standard InChI is InChI=1S/C7H2BrClFNO2S/c8-6-2-5(14(9,12)13)1-4(3-11)7(6)10/h1-2H. The lowest BCUT2D eigenvalue weighted by Gasteiger charge is -2.00. The van der Waals surface area contributed by atoms with Crippen LogP contribution in [0.25, 0.3) is 0 Å². The Labute approximate surface area is 92.7 Å². The molecule has 0 aliphatic carbocycles. The number of nitrogens with zero attached hydrogens (tertiary/aromatic N) is 1. The zero-order valence-corrected chi connectivity index (χ0v) is 9.62. The molecule has 0 bridgehead atoms. The van der Waals surface area contributed by atoms with E-state index in [9.17, 15) is 12.8 Å². The third kappa shape index (κ3) is 2.23. The first-order chi connectivity index (χ1) is 6.36. The number of hydrogen-bond donors (Lipinski definition) is 0. The minimum atomic E-state index is -3.95. The van der Waals surface area contributed by atoms with Gasteiger partial charge in [0.25, 0.3) is 9.05 Å². The molecule has 0 unspecified atom stereocenters. The highest BCUT2D eigenvalue weighted by Crippen LogP contribution is 2.25. The van der Waals surface area contributed by atoms with Crippen molar-refractivity contribution in [2.75, 3.05) is 0 Å². The molecule has 0 radical (unpaired) electrons. The van der Waals surface area contributed by atoms with Crippen molar-refractivity contribution in [1.29, 1.82) is 5.26 Å². The van der Waals surface area contributed by atoms with Crippen molar-refractivity contribution in [2.45, 2.75) is 4.90 Å². The summed E-state index contributed by atoms with van der Waals surface area (Å²) >= 11 is 2.78. The van der Waals surface area contributed by atoms with Crippen molar-refractivity contribution >= 4 is 35.7 Å². The van der Waals surface area contributed by atoms with E-state index in [0.717, 1.165) is 12.1 Å². The number of benzene rings is 1. The molecular formula is C7H2BrClFNO2S. The highest BCUT2D eigenvalue weighted by molar-refractivity contribution is 9.10. The fraction of sp³-hybridized carbons (Fsp3) is 0. The summed E-state index contributed by atoms with van der Waals surface area (Å²) < 4.78 is 34.7. The Balaban J connectivity index is 3.56. The highest BCUT2D eigenvalue weighted by Gasteiger charge is 2.16. The normalized spacial score (nSPS) is 11.0. The quantitative estimate of drug-likeness (QED) is 0.748. The van der Waals surface area contributed by atoms with Gasteiger partial charge in [-0.15, -0.1) is 0 Å². The van der Waals surface area contributed by atoms with Crippen LogP contribution in [0.1, 0.15) is 5.56 Å². The molecule has 0 saturated heterocycles. The number of halogens is 3. The van der Waals surface area contributed by atoms with Gasteiger partial charge in [-0.2, -0.15) is 5.26 Å². The maximum atomic E-state index is 13.1. The van der Waals surface area contributed by atoms with Crippen molar-refractivity contribution in [1.82, 2.24) is 0 Å². The smallest absolute Gasteiger partial charge is 0.207 e. The number of rotatable bonds is 1. The molecule has 1 aromatic rings. The van der Waals surface area contributed by atoms with Crippen LogP contribution in [-0.2, 0) is 9.05 Å². The molecule has 0 aliphatic rings. The Morgan fingerprint density at radius 2 is 2.07 bits per heavy atom. The molecule has 1 rings (SSSR count). The van der Waals surface area contributed by atoms with Crippen molar-refractivity contribution in [3.8, 4) is 6.07 Å². The molecule has 0 amide bonds. The van der Waals surface area contributed by atoms with Crippen LogP contribution in [-0.4, -0.2) is 8.42 Å². The van der Waals surface area contributed by atoms with E-state index < -0.39 is 14.9 Å². The van der Waals surface area contributed by atoms with Gasteiger partial charge in [0.15, 0.2) is 5.82 Å². The SMILES string of the molecule is N#Cc1cc(S(=O)(=O)Cl)cc(Br)c1F. The predicted molar refractivity (Wildman–Crippen MR) is 51.9 cm³/mol. The van der Waals surface area contributed by atoms with Crippen molar-refractivity contribution < 1.29 is 12.8 Å². The van der Waals surface area contributed by atoms with E-state index in [0.29, 0.717) is 0 Å². The largest absolute Gasteiger partial charge is 0.261 e. The van der Waals surface area contributed by atoms with Gasteiger partial charge < -0.3 is 0 Å². The van der Waals surface area contributed by atoms with Crippen LogP contribution in [0.2, 0.25) is 0 Å². The lowest BCUT2D eigenvalue weighted by Crippen LogP contribution is -1.95. The Morgan fingerprint density at radius 3 is 2.50 bits per heavy atom. The van der Waals surface area contributed by atoms with Gasteiger partial charge in [0.05, 0.1) is 14.9 Å². The van der Waals surface area contributed by atoms with E-state index in [1.54, 1.807) is 0 Å². The van der Waals surface area contributed by atoms with Crippen LogP contribution in [0, 0.1) is 17.1 Å². The fourth-order valence-electron chi connectivity index (χ4n) is 0.786. The van der Waals surface area contributed by atoms with Gasteiger partial charge in [-0.1, -0.05) is 0 Å². The van der Waals surface area contributed by atoms with Gasteiger partial charge in [0, 0.05) is 10.7 Å². The summed E-state index contributed by atoms with van der Waals surface area (Å²) in [6.45, 7) is 0. The summed E-state index contributed by atoms with van der Waals surface area (Å²) in [7, 11) is 1.08. The predicted octanol–water partition coefficient (Wildman–Crippen LogP) is 2.39. The minimum absolute atomic E-state index is 0.115. The van der Waals surface area contributed by atoms with Crippen molar-refractivity contribution in [3.63, 3.8) is 0 Å². The summed E-state index contributed by atoms with van der Waals surface area (Å²) in [5.74, 6) is -0.809. The van der Waals surface area contributed by atoms with E-state index in [4.69, 9.17) is 15.9 Å². The average Bonchev–Trinajstić information content (AvgIpc) is 2.07. The highest BCUT2D eigenvalue weighted by atomic mass is 79.9. The lowest BCUT2D eigenvalue weighted by atomic mass is 10.2. The molecule has 14 heavy (non-hydrogen) atoms. The Bertz CT molecular complexity index is 523. The molecule has 0 heterocycles. The molecule has 0 aliphatic heterocycles. The van der Waals surface area contributed by atoms with E-state index in [2.05, 4.69) is 15.9 Å². The van der Waals surface area contributed by atoms with Gasteiger partial charge in [-0.3, -0.25) is 0 Å². The zero-order chi connectivity index (χ0) is 10.9. The summed E-state index contributed by atoms with van der Waals surface area (Å²) in [5.41, 5.74) is -0.376. The molecule has 74 valence electrons. The molecule has 0 saturated carbocycles. The van der Waals surface area contributed by atoms with Gasteiger partial charge in [-0.05, 0) is 28.1 Å². The Kier molecular flexibility index (Phi) is 3.14. The lowest BCUT2D eigenvalue weighted by molar-refractivity contribution is 0.605. The average molecular weight is 299 g/mol. The third-order valence-electron chi connectivity index (χ3n) is 1.40. The second kappa shape index (κ2) is 3.85. The number of hydrogen-bond acceptors (Lipinski definition) is 3. The molecule has 0 spiro atoms. The first-order valence-corrected chi connectivity index (χ1v) is 6.30. The monoisotopic (exact) mass is 297 g/mol. The zero-order valence-electron chi connectivity index (χ0n) is 6.46. The van der Waals surface area contributed by atoms with E-state index in [1.165, 1.54) is 6.07 Å². The maximum absolute atomic E-state index is 13.1. The molecule has 3 nitrogen and oxygen atoms in total. The second-order valence-corrected chi connectivity index (χ2v) is 5.74. The Morgan fingerprint density at radius 1 is 1.50 bits per heavy atom. The molecule has 7 heteroatoms. The summed E-state index contributed by atoms with van der Waals surface area (Å²) in [6.07, 6.45) is 0. The minimum Gasteiger partial charge on any atom is -0.207 e. The maximum Gasteiger partial charge on any atom is 0.261 e. The van der Waals surface area contributed by atoms with Crippen molar-refractivity contribution in [2.24, 2.45) is 0 Å². The summed E-state index contributed by atoms with van der Waals surface area (Å²) in [4.78, 5) is -0.316. The Hall–Kier alpha value is -0.640. The molecule has 0 N–H and O–H groups in total. The molecule has 0 fully saturated rings. The molecule has 0 atom stereocenters. The second-order valence-electron chi connectivity index (χ2n) is 2.32. The fourth-order valence-corrected chi connectivity index (χ4v) is 2.18. The first kappa shape index (κ1) is 11.4. The number of nitriles is 1. The molecule has 1 aromatic carbocycles. The van der Waals surface area contributed by atoms with Crippen molar-refractivity contribution in [3.05, 3.63) is 28.0 Å². The van der Waals surface area contributed by atoms with Gasteiger partial charge in [0.1, 0.15) is 6.07 Å². The first-order valence-electron chi connectivity index (χ1n) is 3.20. The van der Waals surface area contributed by atoms with Crippen LogP contribution < -0.4 is 0 Å². The summed E-state index contributed by atoms with van der Waals surface area (Å²) in [6, 6.07) is 3.40. The van der Waals surface area contributed by atoms with Crippen LogP contribution in [0.3, 0.4) is 0 Å². The van der Waals surface area contributed by atoms with E-state index >= 15 is 0 Å². The van der Waals surface area contributed by atoms with Gasteiger partial charge in [0.2, 0.25) is 0 Å². The van der Waals surface area contributed by atoms with Crippen LogP contribution in [0.5, 0.6) is 0 Å². The van der Waals surface area contributed by atoms with Gasteiger partial charge >= 0.3 is 0 Å². The van der Waals surface area contributed by atoms with Gasteiger partial charge in [-0.25, -0.2) is 12.8 Å². The topological polar surface area (TPSA) is 57.9 Å². The van der Waals surface area contributed by atoms with Crippen LogP contribution in [0.15, 0.2) is 21.5 Å². The van der Waals surface area contributed by atoms with Crippen LogP contribution in [0.4, 0.5) is 4.39 Å². The third-order valence-corrected chi connectivity index (χ3v) is 3.31. The molecule has 0 aromatic heterocycles.